The first-order chi connectivity index (χ1) is 14.8. The number of amides is 1. The number of carbonyl (C=O) groups is 1. The van der Waals surface area contributed by atoms with E-state index >= 15 is 0 Å². The number of benzene rings is 1. The second-order valence-corrected chi connectivity index (χ2v) is 10.1. The van der Waals surface area contributed by atoms with Gasteiger partial charge in [-0.2, -0.15) is 18.4 Å². The van der Waals surface area contributed by atoms with E-state index in [0.717, 1.165) is 48.8 Å². The highest BCUT2D eigenvalue weighted by Gasteiger charge is 2.29. The summed E-state index contributed by atoms with van der Waals surface area (Å²) in [6.45, 7) is 3.74. The summed E-state index contributed by atoms with van der Waals surface area (Å²) in [5.41, 5.74) is 3.06. The number of hydrogen-bond acceptors (Lipinski definition) is 5. The molecule has 1 saturated carbocycles. The van der Waals surface area contributed by atoms with Crippen molar-refractivity contribution in [2.24, 2.45) is 5.10 Å². The zero-order chi connectivity index (χ0) is 22.0. The van der Waals surface area contributed by atoms with Crippen LogP contribution in [0.25, 0.3) is 0 Å². The quantitative estimate of drug-likeness (QED) is 0.683. The molecule has 0 radical (unpaired) electrons. The fraction of sp³-hybridized carbons (Fsp3) is 0.478. The average Bonchev–Trinajstić information content (AvgIpc) is 3.11. The fourth-order valence-electron chi connectivity index (χ4n) is 4.38. The summed E-state index contributed by atoms with van der Waals surface area (Å²) >= 11 is 0. The Morgan fingerprint density at radius 2 is 1.74 bits per heavy atom. The van der Waals surface area contributed by atoms with E-state index in [9.17, 15) is 13.2 Å². The van der Waals surface area contributed by atoms with Gasteiger partial charge in [0.25, 0.3) is 15.9 Å². The van der Waals surface area contributed by atoms with Crippen LogP contribution in [0.4, 0.5) is 0 Å². The molecule has 4 rings (SSSR count). The van der Waals surface area contributed by atoms with Gasteiger partial charge in [0.2, 0.25) is 0 Å². The van der Waals surface area contributed by atoms with Gasteiger partial charge in [-0.3, -0.25) is 4.79 Å². The van der Waals surface area contributed by atoms with Crippen molar-refractivity contribution in [3.8, 4) is 0 Å². The molecule has 1 amide bonds. The van der Waals surface area contributed by atoms with Crippen molar-refractivity contribution in [1.82, 2.24) is 10.1 Å². The van der Waals surface area contributed by atoms with Crippen molar-refractivity contribution in [3.05, 3.63) is 52.5 Å². The van der Waals surface area contributed by atoms with Gasteiger partial charge in [-0.25, -0.2) is 0 Å². The maximum Gasteiger partial charge on any atom is 0.287 e. The largest absolute Gasteiger partial charge is 0.455 e. The molecule has 1 aromatic carbocycles. The summed E-state index contributed by atoms with van der Waals surface area (Å²) in [6.07, 6.45) is 7.60. The Morgan fingerprint density at radius 1 is 1.03 bits per heavy atom. The Labute approximate surface area is 183 Å². The SMILES string of the molecule is Cc1ccc(S(=O)(=O)N/N=C2\CCCc3oc(C(=O)NC4CCCCC4)c(C)c32)cc1. The normalized spacial score (nSPS) is 18.6. The molecule has 0 atom stereocenters. The van der Waals surface area contributed by atoms with Crippen LogP contribution in [0, 0.1) is 13.8 Å². The minimum absolute atomic E-state index is 0.162. The lowest BCUT2D eigenvalue weighted by Gasteiger charge is -2.22. The van der Waals surface area contributed by atoms with Gasteiger partial charge in [0, 0.05) is 23.6 Å². The summed E-state index contributed by atoms with van der Waals surface area (Å²) in [5, 5.41) is 7.33. The first kappa shape index (κ1) is 21.6. The maximum absolute atomic E-state index is 12.8. The Bertz CT molecular complexity index is 1090. The van der Waals surface area contributed by atoms with Crippen molar-refractivity contribution in [3.63, 3.8) is 0 Å². The van der Waals surface area contributed by atoms with Crippen LogP contribution >= 0.6 is 0 Å². The van der Waals surface area contributed by atoms with Crippen LogP contribution < -0.4 is 10.1 Å². The summed E-state index contributed by atoms with van der Waals surface area (Å²) < 4.78 is 31.2. The Morgan fingerprint density at radius 3 is 2.45 bits per heavy atom. The molecule has 8 heteroatoms. The van der Waals surface area contributed by atoms with E-state index in [-0.39, 0.29) is 16.8 Å². The molecule has 31 heavy (non-hydrogen) atoms. The van der Waals surface area contributed by atoms with Crippen LogP contribution in [-0.4, -0.2) is 26.1 Å². The number of furan rings is 1. The van der Waals surface area contributed by atoms with Crippen molar-refractivity contribution < 1.29 is 17.6 Å². The molecule has 166 valence electrons. The predicted octanol–water partition coefficient (Wildman–Crippen LogP) is 3.98. The molecule has 2 aliphatic rings. The fourth-order valence-corrected chi connectivity index (χ4v) is 5.21. The standard InChI is InChI=1S/C23H29N3O4S/c1-15-11-13-18(14-12-15)31(28,29)26-25-19-9-6-10-20-21(19)16(2)22(30-20)23(27)24-17-7-4-3-5-8-17/h11-14,17,26H,3-10H2,1-2H3,(H,24,27)/b25-19+. The van der Waals surface area contributed by atoms with Crippen molar-refractivity contribution >= 4 is 21.6 Å². The van der Waals surface area contributed by atoms with Gasteiger partial charge in [-0.1, -0.05) is 37.0 Å². The van der Waals surface area contributed by atoms with Crippen LogP contribution in [0.5, 0.6) is 0 Å². The van der Waals surface area contributed by atoms with Crippen molar-refractivity contribution in [1.29, 1.82) is 0 Å². The molecule has 7 nitrogen and oxygen atoms in total. The predicted molar refractivity (Wildman–Crippen MR) is 119 cm³/mol. The second kappa shape index (κ2) is 8.86. The maximum atomic E-state index is 12.8. The number of hydrazone groups is 1. The topological polar surface area (TPSA) is 101 Å². The molecule has 0 spiro atoms. The van der Waals surface area contributed by atoms with Gasteiger partial charge < -0.3 is 9.73 Å². The zero-order valence-corrected chi connectivity index (χ0v) is 18.8. The van der Waals surface area contributed by atoms with Gasteiger partial charge in [0.05, 0.1) is 10.6 Å². The highest BCUT2D eigenvalue weighted by molar-refractivity contribution is 7.89. The lowest BCUT2D eigenvalue weighted by atomic mass is 9.93. The number of rotatable bonds is 5. The van der Waals surface area contributed by atoms with Gasteiger partial charge >= 0.3 is 0 Å². The molecule has 1 fully saturated rings. The number of fused-ring (bicyclic) bond motifs is 1. The van der Waals surface area contributed by atoms with E-state index in [0.29, 0.717) is 30.1 Å². The molecule has 0 aliphatic heterocycles. The minimum atomic E-state index is -3.77. The third kappa shape index (κ3) is 4.69. The third-order valence-electron chi connectivity index (χ3n) is 6.10. The molecular formula is C23H29N3O4S. The van der Waals surface area contributed by atoms with E-state index < -0.39 is 10.0 Å². The van der Waals surface area contributed by atoms with E-state index in [1.165, 1.54) is 6.42 Å². The Kier molecular flexibility index (Phi) is 6.18. The third-order valence-corrected chi connectivity index (χ3v) is 7.33. The first-order valence-electron chi connectivity index (χ1n) is 10.9. The van der Waals surface area contributed by atoms with Crippen molar-refractivity contribution in [2.45, 2.75) is 76.2 Å². The van der Waals surface area contributed by atoms with E-state index in [1.807, 2.05) is 13.8 Å². The first-order valence-corrected chi connectivity index (χ1v) is 12.4. The van der Waals surface area contributed by atoms with Gasteiger partial charge in [0.15, 0.2) is 5.76 Å². The molecule has 0 saturated heterocycles. The molecule has 2 N–H and O–H groups in total. The minimum Gasteiger partial charge on any atom is -0.455 e. The average molecular weight is 444 g/mol. The number of carbonyl (C=O) groups excluding carboxylic acids is 1. The number of sulfonamides is 1. The Hall–Kier alpha value is -2.61. The lowest BCUT2D eigenvalue weighted by molar-refractivity contribution is 0.0896. The van der Waals surface area contributed by atoms with E-state index in [1.54, 1.807) is 24.3 Å². The summed E-state index contributed by atoms with van der Waals surface area (Å²) in [4.78, 5) is 15.3. The van der Waals surface area contributed by atoms with Crippen LogP contribution in [0.1, 0.15) is 78.0 Å². The molecule has 1 heterocycles. The van der Waals surface area contributed by atoms with Crippen molar-refractivity contribution in [2.75, 3.05) is 0 Å². The van der Waals surface area contributed by atoms with Crippen LogP contribution in [0.3, 0.4) is 0 Å². The van der Waals surface area contributed by atoms with Gasteiger partial charge in [-0.05, 0) is 51.7 Å². The summed E-state index contributed by atoms with van der Waals surface area (Å²) in [7, 11) is -3.77. The summed E-state index contributed by atoms with van der Waals surface area (Å²) in [5.74, 6) is 0.816. The zero-order valence-electron chi connectivity index (χ0n) is 18.0. The molecule has 2 aromatic rings. The number of hydrogen-bond donors (Lipinski definition) is 2. The van der Waals surface area contributed by atoms with E-state index in [2.05, 4.69) is 15.2 Å². The summed E-state index contributed by atoms with van der Waals surface area (Å²) in [6, 6.07) is 6.80. The van der Waals surface area contributed by atoms with Gasteiger partial charge in [-0.15, -0.1) is 0 Å². The number of nitrogens with one attached hydrogen (secondary N) is 2. The molecular weight excluding hydrogens is 414 g/mol. The molecule has 2 aliphatic carbocycles. The van der Waals surface area contributed by atoms with Crippen LogP contribution in [0.2, 0.25) is 0 Å². The highest BCUT2D eigenvalue weighted by atomic mass is 32.2. The molecule has 1 aromatic heterocycles. The second-order valence-electron chi connectivity index (χ2n) is 8.48. The highest BCUT2D eigenvalue weighted by Crippen LogP contribution is 2.30. The van der Waals surface area contributed by atoms with Crippen LogP contribution in [-0.2, 0) is 16.4 Å². The molecule has 0 bridgehead atoms. The number of aryl methyl sites for hydroxylation is 2. The number of nitrogens with zero attached hydrogens (tertiary/aromatic N) is 1. The van der Waals surface area contributed by atoms with Crippen LogP contribution in [0.15, 0.2) is 38.7 Å². The van der Waals surface area contributed by atoms with Gasteiger partial charge in [0.1, 0.15) is 5.76 Å². The van der Waals surface area contributed by atoms with E-state index in [4.69, 9.17) is 4.42 Å². The monoisotopic (exact) mass is 443 g/mol. The molecule has 0 unspecified atom stereocenters. The smallest absolute Gasteiger partial charge is 0.287 e. The lowest BCUT2D eigenvalue weighted by Crippen LogP contribution is -2.36. The Balaban J connectivity index is 1.56.